The molecule has 0 bridgehead atoms. The highest BCUT2D eigenvalue weighted by atomic mass is 32.2. The first kappa shape index (κ1) is 21.7. The smallest absolute Gasteiger partial charge is 0.240 e. The lowest BCUT2D eigenvalue weighted by Gasteiger charge is -2.19. The molecule has 1 aliphatic heterocycles. The zero-order valence-corrected chi connectivity index (χ0v) is 18.5. The molecule has 0 spiro atoms. The minimum atomic E-state index is -3.70. The third-order valence-corrected chi connectivity index (χ3v) is 7.97. The zero-order valence-electron chi connectivity index (χ0n) is 17.7. The predicted octanol–water partition coefficient (Wildman–Crippen LogP) is 3.19. The van der Waals surface area contributed by atoms with Crippen molar-refractivity contribution in [2.45, 2.75) is 50.5 Å². The summed E-state index contributed by atoms with van der Waals surface area (Å²) < 4.78 is 28.5. The predicted molar refractivity (Wildman–Crippen MR) is 118 cm³/mol. The van der Waals surface area contributed by atoms with Crippen LogP contribution in [0.2, 0.25) is 0 Å². The summed E-state index contributed by atoms with van der Waals surface area (Å²) in [5.41, 5.74) is 2.33. The first-order valence-electron chi connectivity index (χ1n) is 10.8. The van der Waals surface area contributed by atoms with Crippen LogP contribution >= 0.6 is 0 Å². The number of fused-ring (bicyclic) bond motifs is 1. The molecular weight excluding hydrogens is 412 g/mol. The van der Waals surface area contributed by atoms with Gasteiger partial charge < -0.3 is 0 Å². The summed E-state index contributed by atoms with van der Waals surface area (Å²) in [6, 6.07) is 14.8. The molecule has 4 rings (SSSR count). The summed E-state index contributed by atoms with van der Waals surface area (Å²) in [6.07, 6.45) is 4.10. The third-order valence-electron chi connectivity index (χ3n) is 6.36. The fraction of sp³-hybridized carbons (Fsp3) is 0.417. The molecule has 1 heterocycles. The van der Waals surface area contributed by atoms with Gasteiger partial charge in [-0.15, -0.1) is 0 Å². The maximum atomic E-state index is 12.9. The zero-order chi connectivity index (χ0) is 22.0. The lowest BCUT2D eigenvalue weighted by Crippen LogP contribution is -2.31. The third kappa shape index (κ3) is 4.57. The highest BCUT2D eigenvalue weighted by Crippen LogP contribution is 2.38. The Morgan fingerprint density at radius 3 is 2.23 bits per heavy atom. The van der Waals surface area contributed by atoms with Crippen molar-refractivity contribution in [1.29, 1.82) is 0 Å². The molecule has 2 fully saturated rings. The van der Waals surface area contributed by atoms with E-state index < -0.39 is 10.0 Å². The summed E-state index contributed by atoms with van der Waals surface area (Å²) in [5, 5.41) is 0. The van der Waals surface area contributed by atoms with E-state index in [9.17, 15) is 18.0 Å². The van der Waals surface area contributed by atoms with Crippen molar-refractivity contribution >= 4 is 21.8 Å². The minimum absolute atomic E-state index is 0.110. The number of carbonyl (C=O) groups excluding carboxylic acids is 2. The van der Waals surface area contributed by atoms with Crippen LogP contribution in [-0.2, 0) is 32.6 Å². The Morgan fingerprint density at radius 1 is 0.935 bits per heavy atom. The number of likely N-dealkylation sites (tertiary alicyclic amines) is 1. The summed E-state index contributed by atoms with van der Waals surface area (Å²) in [6.45, 7) is 2.16. The van der Waals surface area contributed by atoms with Crippen LogP contribution in [0.15, 0.2) is 53.4 Å². The summed E-state index contributed by atoms with van der Waals surface area (Å²) >= 11 is 0. The molecule has 0 aromatic heterocycles. The number of benzene rings is 2. The molecule has 2 atom stereocenters. The van der Waals surface area contributed by atoms with Crippen LogP contribution < -0.4 is 4.72 Å². The van der Waals surface area contributed by atoms with Crippen LogP contribution in [0.3, 0.4) is 0 Å². The molecule has 0 unspecified atom stereocenters. The molecule has 1 saturated carbocycles. The SMILES string of the molecule is Cc1ccc(CN2C(=O)[C@H]3CCCC[C@H]3C2=O)cc1S(=O)(=O)NCCc1ccccc1. The van der Waals surface area contributed by atoms with Crippen molar-refractivity contribution in [2.24, 2.45) is 11.8 Å². The van der Waals surface area contributed by atoms with Gasteiger partial charge in [-0.25, -0.2) is 13.1 Å². The van der Waals surface area contributed by atoms with E-state index in [1.54, 1.807) is 25.1 Å². The number of hydrogen-bond acceptors (Lipinski definition) is 4. The molecular formula is C24H28N2O4S. The van der Waals surface area contributed by atoms with E-state index in [4.69, 9.17) is 0 Å². The number of aryl methyl sites for hydroxylation is 1. The molecule has 1 saturated heterocycles. The molecule has 2 aromatic carbocycles. The van der Waals surface area contributed by atoms with Crippen LogP contribution in [0.4, 0.5) is 0 Å². The fourth-order valence-corrected chi connectivity index (χ4v) is 5.98. The van der Waals surface area contributed by atoms with Crippen LogP contribution in [-0.4, -0.2) is 31.7 Å². The van der Waals surface area contributed by atoms with E-state index in [1.165, 1.54) is 4.90 Å². The van der Waals surface area contributed by atoms with Crippen LogP contribution in [0.1, 0.15) is 42.4 Å². The topological polar surface area (TPSA) is 83.6 Å². The van der Waals surface area contributed by atoms with E-state index in [0.29, 0.717) is 24.1 Å². The first-order chi connectivity index (χ1) is 14.9. The van der Waals surface area contributed by atoms with Gasteiger partial charge in [0.1, 0.15) is 0 Å². The van der Waals surface area contributed by atoms with Crippen LogP contribution in [0.25, 0.3) is 0 Å². The Hall–Kier alpha value is -2.51. The summed E-state index contributed by atoms with van der Waals surface area (Å²) in [5.74, 6) is -0.620. The van der Waals surface area contributed by atoms with Crippen LogP contribution in [0, 0.1) is 18.8 Å². The van der Waals surface area contributed by atoms with Crippen molar-refractivity contribution in [3.05, 3.63) is 65.2 Å². The molecule has 1 N–H and O–H groups in total. The van der Waals surface area contributed by atoms with Gasteiger partial charge >= 0.3 is 0 Å². The Bertz CT molecular complexity index is 1060. The van der Waals surface area contributed by atoms with Gasteiger partial charge in [-0.3, -0.25) is 14.5 Å². The van der Waals surface area contributed by atoms with Gasteiger partial charge in [-0.1, -0.05) is 55.3 Å². The number of nitrogens with one attached hydrogen (secondary N) is 1. The number of amides is 2. The molecule has 6 nitrogen and oxygen atoms in total. The number of hydrogen-bond donors (Lipinski definition) is 1. The Balaban J connectivity index is 1.47. The summed E-state index contributed by atoms with van der Waals surface area (Å²) in [4.78, 5) is 27.0. The molecule has 31 heavy (non-hydrogen) atoms. The highest BCUT2D eigenvalue weighted by molar-refractivity contribution is 7.89. The number of rotatable bonds is 7. The maximum Gasteiger partial charge on any atom is 0.240 e. The Kier molecular flexibility index (Phi) is 6.25. The number of carbonyl (C=O) groups is 2. The number of nitrogens with zero attached hydrogens (tertiary/aromatic N) is 1. The van der Waals surface area contributed by atoms with E-state index in [1.807, 2.05) is 30.3 Å². The maximum absolute atomic E-state index is 12.9. The van der Waals surface area contributed by atoms with Crippen molar-refractivity contribution in [3.8, 4) is 0 Å². The molecule has 7 heteroatoms. The average molecular weight is 441 g/mol. The van der Waals surface area contributed by atoms with Gasteiger partial charge in [0.25, 0.3) is 0 Å². The average Bonchev–Trinajstić information content (AvgIpc) is 3.00. The van der Waals surface area contributed by atoms with Gasteiger partial charge in [-0.05, 0) is 48.9 Å². The standard InChI is InChI=1S/C24H28N2O4S/c1-17-11-12-19(16-26-23(27)20-9-5-6-10-21(20)24(26)28)15-22(17)31(29,30)25-14-13-18-7-3-2-4-8-18/h2-4,7-8,11-12,15,20-21,25H,5-6,9-10,13-14,16H2,1H3/t20-,21+. The lowest BCUT2D eigenvalue weighted by molar-refractivity contribution is -0.140. The summed E-state index contributed by atoms with van der Waals surface area (Å²) in [7, 11) is -3.70. The first-order valence-corrected chi connectivity index (χ1v) is 12.3. The minimum Gasteiger partial charge on any atom is -0.278 e. The second-order valence-electron chi connectivity index (χ2n) is 8.49. The molecule has 2 aliphatic rings. The van der Waals surface area contributed by atoms with Gasteiger partial charge in [0.2, 0.25) is 21.8 Å². The van der Waals surface area contributed by atoms with Crippen molar-refractivity contribution in [3.63, 3.8) is 0 Å². The quantitative estimate of drug-likeness (QED) is 0.670. The van der Waals surface area contributed by atoms with Gasteiger partial charge in [0.05, 0.1) is 23.3 Å². The van der Waals surface area contributed by atoms with Crippen LogP contribution in [0.5, 0.6) is 0 Å². The van der Waals surface area contributed by atoms with Crippen molar-refractivity contribution < 1.29 is 18.0 Å². The van der Waals surface area contributed by atoms with Gasteiger partial charge in [0.15, 0.2) is 0 Å². The van der Waals surface area contributed by atoms with E-state index in [0.717, 1.165) is 31.2 Å². The Morgan fingerprint density at radius 2 is 1.58 bits per heavy atom. The normalized spacial score (nSPS) is 21.4. The fourth-order valence-electron chi connectivity index (χ4n) is 4.65. The van der Waals surface area contributed by atoms with E-state index in [-0.39, 0.29) is 35.1 Å². The number of sulfonamides is 1. The molecule has 2 amide bonds. The molecule has 164 valence electrons. The van der Waals surface area contributed by atoms with Crippen molar-refractivity contribution in [1.82, 2.24) is 9.62 Å². The monoisotopic (exact) mass is 440 g/mol. The highest BCUT2D eigenvalue weighted by Gasteiger charge is 2.47. The molecule has 2 aromatic rings. The van der Waals surface area contributed by atoms with E-state index >= 15 is 0 Å². The van der Waals surface area contributed by atoms with Crippen molar-refractivity contribution in [2.75, 3.05) is 6.54 Å². The lowest BCUT2D eigenvalue weighted by atomic mass is 9.81. The molecule has 1 aliphatic carbocycles. The van der Waals surface area contributed by atoms with Gasteiger partial charge in [0, 0.05) is 6.54 Å². The number of imide groups is 1. The van der Waals surface area contributed by atoms with E-state index in [2.05, 4.69) is 4.72 Å². The second-order valence-corrected chi connectivity index (χ2v) is 10.2. The molecule has 0 radical (unpaired) electrons. The van der Waals surface area contributed by atoms with Gasteiger partial charge in [-0.2, -0.15) is 0 Å². The Labute approximate surface area is 183 Å². The largest absolute Gasteiger partial charge is 0.278 e. The second kappa shape index (κ2) is 8.93.